The molecule has 92 valence electrons. The lowest BCUT2D eigenvalue weighted by atomic mass is 10.0. The van der Waals surface area contributed by atoms with Gasteiger partial charge in [-0.05, 0) is 11.6 Å². The fraction of sp³-hybridized carbons (Fsp3) is 0.231. The van der Waals surface area contributed by atoms with Gasteiger partial charge in [0.1, 0.15) is 0 Å². The average Bonchev–Trinajstić information content (AvgIpc) is 2.98. The molecule has 0 fully saturated rings. The molecule has 0 aliphatic carbocycles. The first-order valence-corrected chi connectivity index (χ1v) is 6.70. The molecule has 5 heteroatoms. The molecule has 1 N–H and O–H groups in total. The minimum absolute atomic E-state index is 0.109. The molecule has 0 spiro atoms. The van der Waals surface area contributed by atoms with Gasteiger partial charge in [0, 0.05) is 29.7 Å². The quantitative estimate of drug-likeness (QED) is 0.854. The molecule has 2 heterocycles. The molecular formula is C13H13N3OS. The maximum absolute atomic E-state index is 12.2. The van der Waals surface area contributed by atoms with Gasteiger partial charge in [0.2, 0.25) is 0 Å². The van der Waals surface area contributed by atoms with Crippen LogP contribution < -0.4 is 10.2 Å². The second-order valence-corrected chi connectivity index (χ2v) is 5.23. The van der Waals surface area contributed by atoms with Crippen molar-refractivity contribution in [1.82, 2.24) is 4.98 Å². The highest BCUT2D eigenvalue weighted by Gasteiger charge is 2.29. The Labute approximate surface area is 109 Å². The van der Waals surface area contributed by atoms with Crippen LogP contribution in [0, 0.1) is 0 Å². The molecular weight excluding hydrogens is 246 g/mol. The lowest BCUT2D eigenvalue weighted by Gasteiger charge is -2.17. The van der Waals surface area contributed by atoms with Gasteiger partial charge in [0.05, 0.1) is 0 Å². The van der Waals surface area contributed by atoms with Gasteiger partial charge in [-0.15, -0.1) is 11.3 Å². The molecule has 3 rings (SSSR count). The number of hydrogen-bond donors (Lipinski definition) is 1. The van der Waals surface area contributed by atoms with Crippen LogP contribution in [0.4, 0.5) is 15.6 Å². The van der Waals surface area contributed by atoms with E-state index in [2.05, 4.69) is 23.3 Å². The highest BCUT2D eigenvalue weighted by Crippen LogP contribution is 2.35. The van der Waals surface area contributed by atoms with Gasteiger partial charge in [-0.2, -0.15) is 0 Å². The molecule has 18 heavy (non-hydrogen) atoms. The minimum atomic E-state index is -0.109. The van der Waals surface area contributed by atoms with Crippen molar-refractivity contribution in [3.8, 4) is 0 Å². The molecule has 1 aromatic heterocycles. The fourth-order valence-corrected chi connectivity index (χ4v) is 2.78. The van der Waals surface area contributed by atoms with Crippen molar-refractivity contribution in [3.63, 3.8) is 0 Å². The number of para-hydroxylation sites is 1. The number of benzene rings is 1. The molecule has 1 aliphatic rings. The van der Waals surface area contributed by atoms with Gasteiger partial charge in [0.25, 0.3) is 0 Å². The van der Waals surface area contributed by atoms with Gasteiger partial charge >= 0.3 is 6.03 Å². The predicted octanol–water partition coefficient (Wildman–Crippen LogP) is 3.30. The van der Waals surface area contributed by atoms with E-state index in [-0.39, 0.29) is 6.03 Å². The van der Waals surface area contributed by atoms with E-state index in [1.165, 1.54) is 16.9 Å². The Hall–Kier alpha value is -1.88. The van der Waals surface area contributed by atoms with E-state index >= 15 is 0 Å². The first kappa shape index (κ1) is 11.2. The molecule has 1 aliphatic heterocycles. The Morgan fingerprint density at radius 1 is 1.50 bits per heavy atom. The number of rotatable bonds is 1. The molecule has 2 amide bonds. The summed E-state index contributed by atoms with van der Waals surface area (Å²) >= 11 is 1.42. The van der Waals surface area contributed by atoms with Crippen LogP contribution in [0.15, 0.2) is 35.8 Å². The van der Waals surface area contributed by atoms with Crippen molar-refractivity contribution in [2.24, 2.45) is 0 Å². The Balaban J connectivity index is 1.84. The van der Waals surface area contributed by atoms with Gasteiger partial charge in [-0.1, -0.05) is 25.1 Å². The Bertz CT molecular complexity index is 567. The van der Waals surface area contributed by atoms with Gasteiger partial charge in [-0.25, -0.2) is 9.78 Å². The summed E-state index contributed by atoms with van der Waals surface area (Å²) in [6.07, 6.45) is 1.68. The molecule has 0 unspecified atom stereocenters. The summed E-state index contributed by atoms with van der Waals surface area (Å²) in [5, 5.41) is 5.30. The van der Waals surface area contributed by atoms with E-state index in [1.807, 2.05) is 23.6 Å². The van der Waals surface area contributed by atoms with E-state index in [0.29, 0.717) is 11.0 Å². The van der Waals surface area contributed by atoms with Crippen molar-refractivity contribution < 1.29 is 4.79 Å². The lowest BCUT2D eigenvalue weighted by Crippen LogP contribution is -2.33. The predicted molar refractivity (Wildman–Crippen MR) is 73.3 cm³/mol. The highest BCUT2D eigenvalue weighted by atomic mass is 32.1. The van der Waals surface area contributed by atoms with Gasteiger partial charge < -0.3 is 0 Å². The van der Waals surface area contributed by atoms with Crippen LogP contribution in [0.5, 0.6) is 0 Å². The van der Waals surface area contributed by atoms with Crippen LogP contribution >= 0.6 is 11.3 Å². The SMILES string of the molecule is C[C@@H]1CN(C(=O)Nc2nccs2)c2ccccc21. The number of thiazole rings is 1. The summed E-state index contributed by atoms with van der Waals surface area (Å²) in [7, 11) is 0. The van der Waals surface area contributed by atoms with Crippen LogP contribution in [0.1, 0.15) is 18.4 Å². The van der Waals surface area contributed by atoms with Crippen LogP contribution in [0.3, 0.4) is 0 Å². The molecule has 1 atom stereocenters. The smallest absolute Gasteiger partial charge is 0.293 e. The van der Waals surface area contributed by atoms with E-state index in [0.717, 1.165) is 12.2 Å². The summed E-state index contributed by atoms with van der Waals surface area (Å²) in [6, 6.07) is 7.93. The zero-order valence-electron chi connectivity index (χ0n) is 9.96. The zero-order valence-corrected chi connectivity index (χ0v) is 10.8. The topological polar surface area (TPSA) is 45.2 Å². The zero-order chi connectivity index (χ0) is 12.5. The molecule has 0 saturated heterocycles. The summed E-state index contributed by atoms with van der Waals surface area (Å²) < 4.78 is 0. The van der Waals surface area contributed by atoms with Crippen LogP contribution in [0.2, 0.25) is 0 Å². The number of fused-ring (bicyclic) bond motifs is 1. The third-order valence-corrected chi connectivity index (χ3v) is 3.79. The number of nitrogens with one attached hydrogen (secondary N) is 1. The number of amides is 2. The summed E-state index contributed by atoms with van der Waals surface area (Å²) in [6.45, 7) is 2.85. The average molecular weight is 259 g/mol. The third-order valence-electron chi connectivity index (χ3n) is 3.11. The minimum Gasteiger partial charge on any atom is -0.293 e. The Morgan fingerprint density at radius 3 is 3.11 bits per heavy atom. The molecule has 2 aromatic rings. The lowest BCUT2D eigenvalue weighted by molar-refractivity contribution is 0.257. The summed E-state index contributed by atoms with van der Waals surface area (Å²) in [4.78, 5) is 18.0. The maximum Gasteiger partial charge on any atom is 0.328 e. The van der Waals surface area contributed by atoms with Crippen LogP contribution in [-0.4, -0.2) is 17.6 Å². The van der Waals surface area contributed by atoms with Crippen LogP contribution in [-0.2, 0) is 0 Å². The summed E-state index contributed by atoms with van der Waals surface area (Å²) in [5.41, 5.74) is 2.23. The van der Waals surface area contributed by atoms with E-state index < -0.39 is 0 Å². The van der Waals surface area contributed by atoms with E-state index in [9.17, 15) is 4.79 Å². The monoisotopic (exact) mass is 259 g/mol. The van der Waals surface area contributed by atoms with Crippen molar-refractivity contribution >= 4 is 28.2 Å². The number of nitrogens with zero attached hydrogens (tertiary/aromatic N) is 2. The number of carbonyl (C=O) groups excluding carboxylic acids is 1. The normalized spacial score (nSPS) is 17.6. The standard InChI is InChI=1S/C13H13N3OS/c1-9-8-16(11-5-3-2-4-10(9)11)13(17)15-12-14-6-7-18-12/h2-7,9H,8H2,1H3,(H,14,15,17)/t9-/m1/s1. The molecule has 0 saturated carbocycles. The number of hydrogen-bond acceptors (Lipinski definition) is 3. The number of carbonyl (C=O) groups is 1. The number of aromatic nitrogens is 1. The maximum atomic E-state index is 12.2. The van der Waals surface area contributed by atoms with Crippen molar-refractivity contribution in [3.05, 3.63) is 41.4 Å². The molecule has 0 radical (unpaired) electrons. The van der Waals surface area contributed by atoms with E-state index in [4.69, 9.17) is 0 Å². The second kappa shape index (κ2) is 4.42. The highest BCUT2D eigenvalue weighted by molar-refractivity contribution is 7.13. The van der Waals surface area contributed by atoms with Gasteiger partial charge in [0.15, 0.2) is 5.13 Å². The molecule has 0 bridgehead atoms. The summed E-state index contributed by atoms with van der Waals surface area (Å²) in [5.74, 6) is 0.378. The van der Waals surface area contributed by atoms with Crippen LogP contribution in [0.25, 0.3) is 0 Å². The largest absolute Gasteiger partial charge is 0.328 e. The first-order valence-electron chi connectivity index (χ1n) is 5.82. The number of urea groups is 1. The second-order valence-electron chi connectivity index (χ2n) is 4.34. The molecule has 1 aromatic carbocycles. The van der Waals surface area contributed by atoms with Crippen molar-refractivity contribution in [2.75, 3.05) is 16.8 Å². The Kier molecular flexibility index (Phi) is 2.76. The fourth-order valence-electron chi connectivity index (χ4n) is 2.26. The third kappa shape index (κ3) is 1.86. The molecule has 4 nitrogen and oxygen atoms in total. The number of anilines is 2. The van der Waals surface area contributed by atoms with E-state index in [1.54, 1.807) is 11.1 Å². The van der Waals surface area contributed by atoms with Crippen molar-refractivity contribution in [2.45, 2.75) is 12.8 Å². The van der Waals surface area contributed by atoms with Crippen molar-refractivity contribution in [1.29, 1.82) is 0 Å². The first-order chi connectivity index (χ1) is 8.75. The Morgan fingerprint density at radius 2 is 2.33 bits per heavy atom. The van der Waals surface area contributed by atoms with Gasteiger partial charge in [-0.3, -0.25) is 10.2 Å².